The second-order valence-electron chi connectivity index (χ2n) is 8.56. The summed E-state index contributed by atoms with van der Waals surface area (Å²) in [6, 6.07) is 10.7. The number of rotatable bonds is 7. The van der Waals surface area contributed by atoms with Gasteiger partial charge < -0.3 is 14.2 Å². The van der Waals surface area contributed by atoms with Gasteiger partial charge in [0.15, 0.2) is 6.10 Å². The second-order valence-corrected chi connectivity index (χ2v) is 10.5. The van der Waals surface area contributed by atoms with E-state index in [0.29, 0.717) is 21.3 Å². The number of carbonyl (C=O) groups is 2. The van der Waals surface area contributed by atoms with Gasteiger partial charge in [-0.3, -0.25) is 9.59 Å². The first-order chi connectivity index (χ1) is 17.6. The van der Waals surface area contributed by atoms with Crippen molar-refractivity contribution in [3.8, 4) is 11.3 Å². The lowest BCUT2D eigenvalue weighted by atomic mass is 9.90. The number of thioether (sulfide) groups is 1. The van der Waals surface area contributed by atoms with Crippen molar-refractivity contribution in [3.05, 3.63) is 64.5 Å². The molecule has 3 aromatic rings. The zero-order chi connectivity index (χ0) is 26.7. The van der Waals surface area contributed by atoms with Crippen LogP contribution in [0.5, 0.6) is 0 Å². The number of hydrogen-bond donors (Lipinski definition) is 0. The van der Waals surface area contributed by atoms with Gasteiger partial charge in [-0.1, -0.05) is 59.2 Å². The fourth-order valence-electron chi connectivity index (χ4n) is 4.14. The number of ether oxygens (including phenoxy) is 3. The summed E-state index contributed by atoms with van der Waals surface area (Å²) in [5, 5.41) is 9.34. The van der Waals surface area contributed by atoms with Crippen LogP contribution in [0.25, 0.3) is 11.3 Å². The van der Waals surface area contributed by atoms with Crippen LogP contribution >= 0.6 is 35.0 Å². The van der Waals surface area contributed by atoms with Crippen molar-refractivity contribution in [3.63, 3.8) is 0 Å². The number of nitrogens with zero attached hydrogens (tertiary/aromatic N) is 3. The van der Waals surface area contributed by atoms with E-state index < -0.39 is 41.4 Å². The molecule has 1 aromatic heterocycles. The normalized spacial score (nSPS) is 23.5. The van der Waals surface area contributed by atoms with Gasteiger partial charge in [0.2, 0.25) is 0 Å². The van der Waals surface area contributed by atoms with Crippen molar-refractivity contribution in [2.45, 2.75) is 49.4 Å². The van der Waals surface area contributed by atoms with Crippen LogP contribution in [0.3, 0.4) is 0 Å². The summed E-state index contributed by atoms with van der Waals surface area (Å²) in [5.74, 6) is -1.70. The van der Waals surface area contributed by atoms with Crippen LogP contribution in [0.4, 0.5) is 4.39 Å². The fraction of sp³-hybridized carbons (Fsp3) is 0.360. The quantitative estimate of drug-likeness (QED) is 0.341. The first-order valence-electron chi connectivity index (χ1n) is 11.4. The predicted molar refractivity (Wildman–Crippen MR) is 137 cm³/mol. The van der Waals surface area contributed by atoms with Gasteiger partial charge >= 0.3 is 11.9 Å². The Balaban J connectivity index is 1.71. The molecule has 37 heavy (non-hydrogen) atoms. The molecule has 2 unspecified atom stereocenters. The number of benzene rings is 2. The molecule has 1 saturated heterocycles. The third kappa shape index (κ3) is 6.62. The molecule has 2 aromatic carbocycles. The Labute approximate surface area is 227 Å². The minimum atomic E-state index is -0.848. The largest absolute Gasteiger partial charge is 0.463 e. The SMILES string of the molecule is CC(=O)OCC1O[C@H](Sc2ccc(Cl)c(Cl)c2)C(C)[C@@H](n2cc(-c3cccc(F)c3)nn2)[C@H]1OC(C)=O. The fourth-order valence-corrected chi connectivity index (χ4v) is 5.68. The van der Waals surface area contributed by atoms with E-state index in [4.69, 9.17) is 37.4 Å². The number of aromatic nitrogens is 3. The van der Waals surface area contributed by atoms with Crippen LogP contribution in [0, 0.1) is 11.7 Å². The zero-order valence-corrected chi connectivity index (χ0v) is 22.5. The van der Waals surface area contributed by atoms with Gasteiger partial charge in [0, 0.05) is 30.2 Å². The highest BCUT2D eigenvalue weighted by molar-refractivity contribution is 7.99. The minimum Gasteiger partial charge on any atom is -0.463 e. The highest BCUT2D eigenvalue weighted by atomic mass is 35.5. The standard InChI is InChI=1S/C25H24Cl2FN3O5S/c1-13-23(31-11-21(29-30-31)16-5-4-6-17(28)9-16)24(35-15(3)33)22(12-34-14(2)32)36-25(13)37-18-7-8-19(26)20(27)10-18/h4-11,13,22-25H,12H2,1-3H3/t13?,22?,23-,24+,25-/m1/s1. The first-order valence-corrected chi connectivity index (χ1v) is 13.0. The maximum atomic E-state index is 13.8. The number of carbonyl (C=O) groups excluding carboxylic acids is 2. The minimum absolute atomic E-state index is 0.139. The summed E-state index contributed by atoms with van der Waals surface area (Å²) in [6.07, 6.45) is 0.0253. The lowest BCUT2D eigenvalue weighted by Crippen LogP contribution is -2.53. The second kappa shape index (κ2) is 11.8. The van der Waals surface area contributed by atoms with E-state index in [1.165, 1.54) is 37.7 Å². The Bertz CT molecular complexity index is 1290. The van der Waals surface area contributed by atoms with Gasteiger partial charge in [-0.15, -0.1) is 5.10 Å². The average Bonchev–Trinajstić information content (AvgIpc) is 3.32. The lowest BCUT2D eigenvalue weighted by Gasteiger charge is -2.44. The molecule has 12 heteroatoms. The van der Waals surface area contributed by atoms with Gasteiger partial charge in [0.25, 0.3) is 0 Å². The maximum Gasteiger partial charge on any atom is 0.303 e. The van der Waals surface area contributed by atoms with Crippen molar-refractivity contribution < 1.29 is 28.2 Å². The Morgan fingerprint density at radius 3 is 2.59 bits per heavy atom. The van der Waals surface area contributed by atoms with Gasteiger partial charge in [-0.25, -0.2) is 9.07 Å². The van der Waals surface area contributed by atoms with Crippen LogP contribution in [0.15, 0.2) is 53.6 Å². The molecule has 1 aliphatic rings. The summed E-state index contributed by atoms with van der Waals surface area (Å²) >= 11 is 13.7. The van der Waals surface area contributed by atoms with Gasteiger partial charge in [-0.05, 0) is 30.3 Å². The molecule has 8 nitrogen and oxygen atoms in total. The summed E-state index contributed by atoms with van der Waals surface area (Å²) < 4.78 is 32.6. The summed E-state index contributed by atoms with van der Waals surface area (Å²) in [6.45, 7) is 4.37. The van der Waals surface area contributed by atoms with Crippen molar-refractivity contribution in [2.24, 2.45) is 5.92 Å². The molecule has 4 rings (SSSR count). The molecule has 0 radical (unpaired) electrons. The van der Waals surface area contributed by atoms with E-state index in [1.54, 1.807) is 35.1 Å². The highest BCUT2D eigenvalue weighted by Crippen LogP contribution is 2.44. The van der Waals surface area contributed by atoms with Crippen molar-refractivity contribution in [2.75, 3.05) is 6.61 Å². The van der Waals surface area contributed by atoms with Crippen LogP contribution in [0.1, 0.15) is 26.8 Å². The molecule has 5 atom stereocenters. The molecule has 2 heterocycles. The lowest BCUT2D eigenvalue weighted by molar-refractivity contribution is -0.191. The Hall–Kier alpha value is -2.66. The van der Waals surface area contributed by atoms with Crippen molar-refractivity contribution in [1.29, 1.82) is 0 Å². The van der Waals surface area contributed by atoms with Crippen LogP contribution in [0.2, 0.25) is 10.0 Å². The Morgan fingerprint density at radius 2 is 1.92 bits per heavy atom. The molecule has 0 amide bonds. The average molecular weight is 568 g/mol. The molecule has 0 aliphatic carbocycles. The molecular formula is C25H24Cl2FN3O5S. The van der Waals surface area contributed by atoms with E-state index in [9.17, 15) is 14.0 Å². The molecular weight excluding hydrogens is 544 g/mol. The van der Waals surface area contributed by atoms with Gasteiger partial charge in [-0.2, -0.15) is 0 Å². The third-order valence-corrected chi connectivity index (χ3v) is 7.85. The van der Waals surface area contributed by atoms with Crippen LogP contribution in [-0.4, -0.2) is 51.2 Å². The molecule has 0 saturated carbocycles. The molecule has 1 aliphatic heterocycles. The highest BCUT2D eigenvalue weighted by Gasteiger charge is 2.48. The van der Waals surface area contributed by atoms with Gasteiger partial charge in [0.05, 0.1) is 22.3 Å². The van der Waals surface area contributed by atoms with E-state index in [-0.39, 0.29) is 12.5 Å². The van der Waals surface area contributed by atoms with E-state index in [1.807, 2.05) is 13.0 Å². The Morgan fingerprint density at radius 1 is 1.14 bits per heavy atom. The van der Waals surface area contributed by atoms with E-state index >= 15 is 0 Å². The van der Waals surface area contributed by atoms with Crippen LogP contribution in [-0.2, 0) is 23.8 Å². The predicted octanol–water partition coefficient (Wildman–Crippen LogP) is 5.58. The zero-order valence-electron chi connectivity index (χ0n) is 20.1. The molecule has 196 valence electrons. The maximum absolute atomic E-state index is 13.8. The van der Waals surface area contributed by atoms with Crippen molar-refractivity contribution in [1.82, 2.24) is 15.0 Å². The Kier molecular flexibility index (Phi) is 8.74. The first kappa shape index (κ1) is 27.4. The summed E-state index contributed by atoms with van der Waals surface area (Å²) in [4.78, 5) is 24.5. The van der Waals surface area contributed by atoms with E-state index in [0.717, 1.165) is 4.90 Å². The summed E-state index contributed by atoms with van der Waals surface area (Å²) in [7, 11) is 0. The van der Waals surface area contributed by atoms with E-state index in [2.05, 4.69) is 10.3 Å². The number of halogens is 3. The molecule has 0 N–H and O–H groups in total. The third-order valence-electron chi connectivity index (χ3n) is 5.81. The summed E-state index contributed by atoms with van der Waals surface area (Å²) in [5.41, 5.74) is 0.523. The smallest absolute Gasteiger partial charge is 0.303 e. The number of esters is 2. The molecule has 1 fully saturated rings. The molecule has 0 spiro atoms. The topological polar surface area (TPSA) is 92.5 Å². The van der Waals surface area contributed by atoms with Crippen molar-refractivity contribution >= 4 is 46.9 Å². The molecule has 0 bridgehead atoms. The monoisotopic (exact) mass is 567 g/mol. The van der Waals surface area contributed by atoms with Crippen LogP contribution < -0.4 is 0 Å². The van der Waals surface area contributed by atoms with Gasteiger partial charge in [0.1, 0.15) is 29.7 Å². The number of hydrogen-bond acceptors (Lipinski definition) is 8.